The van der Waals surface area contributed by atoms with Gasteiger partial charge in [0.25, 0.3) is 0 Å². The molecule has 7 atom stereocenters. The molecule has 0 amide bonds. The number of carbonyl (C=O) groups is 3. The Bertz CT molecular complexity index is 1180. The van der Waals surface area contributed by atoms with Gasteiger partial charge in [-0.05, 0) is 23.8 Å². The summed E-state index contributed by atoms with van der Waals surface area (Å²) in [5.41, 5.74) is 0.548. The number of carbonyl (C=O) groups excluding carboxylic acids is 3. The molecule has 1 aromatic rings. The third-order valence-electron chi connectivity index (χ3n) is 6.57. The van der Waals surface area contributed by atoms with Crippen LogP contribution in [-0.4, -0.2) is 112 Å². The fraction of sp³-hybridized carbons (Fsp3) is 0.519. The molecule has 3 rings (SSSR count). The number of methoxy groups -OCH3 is 1. The first-order valence-corrected chi connectivity index (χ1v) is 12.9. The first-order chi connectivity index (χ1) is 20.0. The normalized spacial score (nSPS) is 28.4. The van der Waals surface area contributed by atoms with Crippen LogP contribution in [0.2, 0.25) is 0 Å². The van der Waals surface area contributed by atoms with Gasteiger partial charge in [0.1, 0.15) is 31.0 Å². The average Bonchev–Trinajstić information content (AvgIpc) is 2.95. The van der Waals surface area contributed by atoms with E-state index in [1.807, 2.05) is 0 Å². The van der Waals surface area contributed by atoms with Crippen molar-refractivity contribution in [2.45, 2.75) is 56.8 Å². The molecule has 15 heteroatoms. The Kier molecular flexibility index (Phi) is 11.7. The molecule has 0 aromatic heterocycles. The SMILES string of the molecule is COC(=O)C1=COC(OC2OC(CO)C(O)C(O)C2O)C(=CCOC(C)=O)C1CC(=O)OCCc1ccc(O)c(O)c1. The zero-order chi connectivity index (χ0) is 31.0. The Balaban J connectivity index is 1.82. The highest BCUT2D eigenvalue weighted by Gasteiger charge is 2.47. The van der Waals surface area contributed by atoms with E-state index in [-0.39, 0.29) is 42.3 Å². The molecule has 0 bridgehead atoms. The van der Waals surface area contributed by atoms with Gasteiger partial charge in [0.15, 0.2) is 17.8 Å². The Morgan fingerprint density at radius 1 is 1.02 bits per heavy atom. The van der Waals surface area contributed by atoms with Crippen LogP contribution in [0.25, 0.3) is 0 Å². The Morgan fingerprint density at radius 3 is 2.40 bits per heavy atom. The predicted molar refractivity (Wildman–Crippen MR) is 137 cm³/mol. The summed E-state index contributed by atoms with van der Waals surface area (Å²) in [6, 6.07) is 4.14. The van der Waals surface area contributed by atoms with Crippen molar-refractivity contribution in [2.75, 3.05) is 26.9 Å². The number of aliphatic hydroxyl groups is 4. The number of aliphatic hydroxyl groups excluding tert-OH is 4. The summed E-state index contributed by atoms with van der Waals surface area (Å²) < 4.78 is 31.8. The summed E-state index contributed by atoms with van der Waals surface area (Å²) in [7, 11) is 1.12. The lowest BCUT2D eigenvalue weighted by Crippen LogP contribution is -2.60. The zero-order valence-electron chi connectivity index (χ0n) is 22.8. The highest BCUT2D eigenvalue weighted by molar-refractivity contribution is 5.90. The Hall–Kier alpha value is -3.73. The molecule has 0 aliphatic carbocycles. The molecule has 0 spiro atoms. The second-order valence-electron chi connectivity index (χ2n) is 9.42. The van der Waals surface area contributed by atoms with Crippen LogP contribution in [0.1, 0.15) is 18.9 Å². The van der Waals surface area contributed by atoms with Crippen LogP contribution >= 0.6 is 0 Å². The molecule has 0 radical (unpaired) electrons. The van der Waals surface area contributed by atoms with E-state index in [2.05, 4.69) is 0 Å². The van der Waals surface area contributed by atoms with Crippen molar-refractivity contribution >= 4 is 17.9 Å². The van der Waals surface area contributed by atoms with Crippen molar-refractivity contribution in [1.29, 1.82) is 0 Å². The molecule has 1 saturated heterocycles. The van der Waals surface area contributed by atoms with Gasteiger partial charge in [0.05, 0.1) is 38.6 Å². The molecule has 15 nitrogen and oxygen atoms in total. The van der Waals surface area contributed by atoms with Gasteiger partial charge in [-0.1, -0.05) is 6.07 Å². The predicted octanol–water partition coefficient (Wildman–Crippen LogP) is -1.09. The maximum absolute atomic E-state index is 12.9. The second-order valence-corrected chi connectivity index (χ2v) is 9.42. The van der Waals surface area contributed by atoms with Crippen LogP contribution in [0.4, 0.5) is 0 Å². The van der Waals surface area contributed by atoms with Gasteiger partial charge in [-0.3, -0.25) is 9.59 Å². The standard InChI is InChI=1S/C27H34O15/c1-13(29)38-8-6-15-16(10-21(32)39-7-5-14-3-4-18(30)19(31)9-14)17(25(36)37-2)12-40-26(15)42-27-24(35)23(34)22(33)20(11-28)41-27/h3-4,6,9,12,16,20,22-24,26-28,30-31,33-35H,5,7-8,10-11H2,1-2H3. The van der Waals surface area contributed by atoms with E-state index in [0.717, 1.165) is 13.4 Å². The molecule has 0 saturated carbocycles. The van der Waals surface area contributed by atoms with Gasteiger partial charge < -0.3 is 59.1 Å². The van der Waals surface area contributed by atoms with Crippen molar-refractivity contribution in [3.05, 3.63) is 47.2 Å². The van der Waals surface area contributed by atoms with E-state index < -0.39 is 73.8 Å². The number of ether oxygens (including phenoxy) is 6. The van der Waals surface area contributed by atoms with Crippen LogP contribution in [0.3, 0.4) is 0 Å². The van der Waals surface area contributed by atoms with Crippen LogP contribution in [0.5, 0.6) is 11.5 Å². The quantitative estimate of drug-likeness (QED) is 0.0769. The van der Waals surface area contributed by atoms with Gasteiger partial charge in [-0.2, -0.15) is 0 Å². The minimum absolute atomic E-state index is 0.0801. The van der Waals surface area contributed by atoms with Crippen molar-refractivity contribution in [3.63, 3.8) is 0 Å². The van der Waals surface area contributed by atoms with Crippen LogP contribution in [0, 0.1) is 5.92 Å². The molecule has 1 aromatic carbocycles. The lowest BCUT2D eigenvalue weighted by atomic mass is 9.86. The highest BCUT2D eigenvalue weighted by Crippen LogP contribution is 2.36. The number of hydrogen-bond donors (Lipinski definition) is 6. The summed E-state index contributed by atoms with van der Waals surface area (Å²) in [6.07, 6.45) is -7.49. The Morgan fingerprint density at radius 2 is 1.76 bits per heavy atom. The third kappa shape index (κ3) is 8.18. The van der Waals surface area contributed by atoms with E-state index in [9.17, 15) is 45.0 Å². The minimum Gasteiger partial charge on any atom is -0.504 e. The monoisotopic (exact) mass is 598 g/mol. The van der Waals surface area contributed by atoms with E-state index in [0.29, 0.717) is 5.56 Å². The van der Waals surface area contributed by atoms with Crippen LogP contribution in [-0.2, 0) is 49.2 Å². The van der Waals surface area contributed by atoms with Gasteiger partial charge >= 0.3 is 17.9 Å². The van der Waals surface area contributed by atoms with Crippen molar-refractivity contribution in [3.8, 4) is 11.5 Å². The van der Waals surface area contributed by atoms with E-state index >= 15 is 0 Å². The van der Waals surface area contributed by atoms with Gasteiger partial charge in [0, 0.05) is 24.8 Å². The van der Waals surface area contributed by atoms with E-state index in [1.54, 1.807) is 0 Å². The molecule has 232 valence electrons. The summed E-state index contributed by atoms with van der Waals surface area (Å²) in [4.78, 5) is 36.8. The fourth-order valence-electron chi connectivity index (χ4n) is 4.31. The molecule has 7 unspecified atom stereocenters. The lowest BCUT2D eigenvalue weighted by molar-refractivity contribution is -0.327. The molecular formula is C27H34O15. The third-order valence-corrected chi connectivity index (χ3v) is 6.57. The number of phenols is 2. The largest absolute Gasteiger partial charge is 0.504 e. The fourth-order valence-corrected chi connectivity index (χ4v) is 4.31. The van der Waals surface area contributed by atoms with E-state index in [4.69, 9.17) is 28.4 Å². The topological polar surface area (TPSA) is 228 Å². The highest BCUT2D eigenvalue weighted by atomic mass is 16.8. The van der Waals surface area contributed by atoms with Crippen molar-refractivity contribution < 1.29 is 73.4 Å². The summed E-state index contributed by atoms with van der Waals surface area (Å²) >= 11 is 0. The molecule has 6 N–H and O–H groups in total. The number of rotatable bonds is 11. The average molecular weight is 599 g/mol. The first-order valence-electron chi connectivity index (χ1n) is 12.9. The smallest absolute Gasteiger partial charge is 0.337 e. The van der Waals surface area contributed by atoms with Gasteiger partial charge in [0.2, 0.25) is 6.29 Å². The second kappa shape index (κ2) is 14.9. The summed E-state index contributed by atoms with van der Waals surface area (Å²) in [5.74, 6) is -3.97. The number of esters is 3. The first kappa shape index (κ1) is 32.8. The summed E-state index contributed by atoms with van der Waals surface area (Å²) in [6.45, 7) is 0.0180. The lowest BCUT2D eigenvalue weighted by Gasteiger charge is -2.42. The van der Waals surface area contributed by atoms with Gasteiger partial charge in [-0.15, -0.1) is 0 Å². The summed E-state index contributed by atoms with van der Waals surface area (Å²) in [5, 5.41) is 59.2. The van der Waals surface area contributed by atoms with Crippen molar-refractivity contribution in [1.82, 2.24) is 0 Å². The molecule has 2 aliphatic heterocycles. The number of hydrogen-bond acceptors (Lipinski definition) is 15. The number of phenolic OH excluding ortho intramolecular Hbond substituents is 2. The molecule has 1 fully saturated rings. The maximum atomic E-state index is 12.9. The zero-order valence-corrected chi connectivity index (χ0v) is 22.8. The molecule has 42 heavy (non-hydrogen) atoms. The number of benzene rings is 1. The van der Waals surface area contributed by atoms with Gasteiger partial charge in [-0.25, -0.2) is 4.79 Å². The molecular weight excluding hydrogens is 564 g/mol. The van der Waals surface area contributed by atoms with Crippen LogP contribution in [0.15, 0.2) is 41.7 Å². The van der Waals surface area contributed by atoms with E-state index in [1.165, 1.54) is 31.2 Å². The number of aromatic hydroxyl groups is 2. The molecule has 2 heterocycles. The maximum Gasteiger partial charge on any atom is 0.337 e. The minimum atomic E-state index is -1.78. The Labute approximate surface area is 240 Å². The van der Waals surface area contributed by atoms with Crippen LogP contribution < -0.4 is 0 Å². The molecule has 2 aliphatic rings. The van der Waals surface area contributed by atoms with Crippen molar-refractivity contribution in [2.24, 2.45) is 5.92 Å².